The van der Waals surface area contributed by atoms with Crippen molar-refractivity contribution in [3.8, 4) is 0 Å². The van der Waals surface area contributed by atoms with E-state index in [2.05, 4.69) is 15.6 Å². The Labute approximate surface area is 129 Å². The lowest BCUT2D eigenvalue weighted by atomic mass is 10.1. The van der Waals surface area contributed by atoms with Gasteiger partial charge in [0.1, 0.15) is 0 Å². The van der Waals surface area contributed by atoms with Crippen LogP contribution in [-0.2, 0) is 22.6 Å². The van der Waals surface area contributed by atoms with Gasteiger partial charge in [0.15, 0.2) is 0 Å². The number of carbonyl (C=O) groups is 2. The molecule has 0 aliphatic carbocycles. The Morgan fingerprint density at radius 2 is 1.77 bits per heavy atom. The second kappa shape index (κ2) is 7.93. The SMILES string of the molecule is Cc1cccc(CC(=O)NCC(=O)NCc2ccncc2)c1. The van der Waals surface area contributed by atoms with Gasteiger partial charge in [0.05, 0.1) is 13.0 Å². The van der Waals surface area contributed by atoms with Gasteiger partial charge in [0.2, 0.25) is 11.8 Å². The van der Waals surface area contributed by atoms with Crippen LogP contribution in [0.15, 0.2) is 48.8 Å². The third-order valence-electron chi connectivity index (χ3n) is 3.13. The van der Waals surface area contributed by atoms with Crippen LogP contribution in [0.3, 0.4) is 0 Å². The van der Waals surface area contributed by atoms with Crippen LogP contribution in [0.1, 0.15) is 16.7 Å². The van der Waals surface area contributed by atoms with Crippen LogP contribution in [0, 0.1) is 6.92 Å². The third kappa shape index (κ3) is 5.36. The average Bonchev–Trinajstić information content (AvgIpc) is 2.52. The zero-order valence-corrected chi connectivity index (χ0v) is 12.5. The fourth-order valence-electron chi connectivity index (χ4n) is 2.01. The first-order valence-corrected chi connectivity index (χ1v) is 7.11. The molecule has 0 aliphatic heterocycles. The lowest BCUT2D eigenvalue weighted by Crippen LogP contribution is -2.37. The Bertz CT molecular complexity index is 641. The fraction of sp³-hybridized carbons (Fsp3) is 0.235. The molecular formula is C17H19N3O2. The van der Waals surface area contributed by atoms with Crippen LogP contribution < -0.4 is 10.6 Å². The first-order valence-electron chi connectivity index (χ1n) is 7.11. The molecule has 1 aromatic carbocycles. The maximum atomic E-state index is 11.8. The van der Waals surface area contributed by atoms with Crippen molar-refractivity contribution in [1.82, 2.24) is 15.6 Å². The van der Waals surface area contributed by atoms with Crippen molar-refractivity contribution in [2.24, 2.45) is 0 Å². The molecule has 0 saturated carbocycles. The van der Waals surface area contributed by atoms with Crippen molar-refractivity contribution in [2.45, 2.75) is 19.9 Å². The van der Waals surface area contributed by atoms with Gasteiger partial charge in [-0.05, 0) is 30.2 Å². The Kier molecular flexibility index (Phi) is 5.65. The molecule has 2 N–H and O–H groups in total. The molecule has 0 radical (unpaired) electrons. The number of hydrogen-bond acceptors (Lipinski definition) is 3. The molecule has 22 heavy (non-hydrogen) atoms. The molecule has 1 heterocycles. The zero-order chi connectivity index (χ0) is 15.8. The summed E-state index contributed by atoms with van der Waals surface area (Å²) in [5.41, 5.74) is 3.02. The molecule has 2 rings (SSSR count). The summed E-state index contributed by atoms with van der Waals surface area (Å²) in [5, 5.41) is 5.37. The van der Waals surface area contributed by atoms with E-state index in [9.17, 15) is 9.59 Å². The van der Waals surface area contributed by atoms with Crippen LogP contribution in [0.5, 0.6) is 0 Å². The molecule has 5 heteroatoms. The number of aryl methyl sites for hydroxylation is 1. The highest BCUT2D eigenvalue weighted by Gasteiger charge is 2.06. The molecule has 0 fully saturated rings. The van der Waals surface area contributed by atoms with E-state index in [4.69, 9.17) is 0 Å². The average molecular weight is 297 g/mol. The lowest BCUT2D eigenvalue weighted by molar-refractivity contribution is -0.125. The molecule has 0 aliphatic rings. The molecule has 0 saturated heterocycles. The van der Waals surface area contributed by atoms with Crippen molar-refractivity contribution in [3.05, 3.63) is 65.5 Å². The zero-order valence-electron chi connectivity index (χ0n) is 12.5. The van der Waals surface area contributed by atoms with Gasteiger partial charge in [-0.2, -0.15) is 0 Å². The normalized spacial score (nSPS) is 10.0. The summed E-state index contributed by atoms with van der Waals surface area (Å²) in [5.74, 6) is -0.376. The summed E-state index contributed by atoms with van der Waals surface area (Å²) < 4.78 is 0. The van der Waals surface area contributed by atoms with Crippen molar-refractivity contribution in [3.63, 3.8) is 0 Å². The second-order valence-corrected chi connectivity index (χ2v) is 5.07. The van der Waals surface area contributed by atoms with Crippen molar-refractivity contribution in [1.29, 1.82) is 0 Å². The first kappa shape index (κ1) is 15.7. The minimum absolute atomic E-state index is 0.0181. The van der Waals surface area contributed by atoms with Crippen LogP contribution in [0.25, 0.3) is 0 Å². The van der Waals surface area contributed by atoms with Crippen molar-refractivity contribution >= 4 is 11.8 Å². The third-order valence-corrected chi connectivity index (χ3v) is 3.13. The summed E-state index contributed by atoms with van der Waals surface area (Å²) in [4.78, 5) is 27.4. The van der Waals surface area contributed by atoms with Gasteiger partial charge in [-0.1, -0.05) is 29.8 Å². The van der Waals surface area contributed by atoms with E-state index in [0.717, 1.165) is 16.7 Å². The predicted octanol–water partition coefficient (Wildman–Crippen LogP) is 1.37. The Morgan fingerprint density at radius 3 is 2.50 bits per heavy atom. The van der Waals surface area contributed by atoms with Gasteiger partial charge in [0, 0.05) is 18.9 Å². The Hall–Kier alpha value is -2.69. The van der Waals surface area contributed by atoms with Gasteiger partial charge >= 0.3 is 0 Å². The highest BCUT2D eigenvalue weighted by Crippen LogP contribution is 2.04. The molecule has 0 bridgehead atoms. The minimum atomic E-state index is -0.214. The number of aromatic nitrogens is 1. The number of rotatable bonds is 6. The lowest BCUT2D eigenvalue weighted by Gasteiger charge is -2.07. The summed E-state index contributed by atoms with van der Waals surface area (Å²) in [6, 6.07) is 11.4. The monoisotopic (exact) mass is 297 g/mol. The summed E-state index contributed by atoms with van der Waals surface area (Å²) in [6.45, 7) is 2.39. The maximum Gasteiger partial charge on any atom is 0.239 e. The highest BCUT2D eigenvalue weighted by atomic mass is 16.2. The molecule has 0 spiro atoms. The van der Waals surface area contributed by atoms with Gasteiger partial charge in [-0.25, -0.2) is 0 Å². The summed E-state index contributed by atoms with van der Waals surface area (Å²) >= 11 is 0. The molecule has 2 amide bonds. The van der Waals surface area contributed by atoms with Crippen LogP contribution in [0.2, 0.25) is 0 Å². The highest BCUT2D eigenvalue weighted by molar-refractivity contribution is 5.85. The largest absolute Gasteiger partial charge is 0.350 e. The standard InChI is InChI=1S/C17H19N3O2/c1-13-3-2-4-15(9-13)10-16(21)20-12-17(22)19-11-14-5-7-18-8-6-14/h2-9H,10-12H2,1H3,(H,19,22)(H,20,21). The van der Waals surface area contributed by atoms with E-state index in [0.29, 0.717) is 6.54 Å². The molecule has 5 nitrogen and oxygen atoms in total. The minimum Gasteiger partial charge on any atom is -0.350 e. The fourth-order valence-corrected chi connectivity index (χ4v) is 2.01. The number of carbonyl (C=O) groups excluding carboxylic acids is 2. The van der Waals surface area contributed by atoms with E-state index in [-0.39, 0.29) is 24.8 Å². The first-order chi connectivity index (χ1) is 10.6. The van der Waals surface area contributed by atoms with E-state index in [1.807, 2.05) is 43.3 Å². The van der Waals surface area contributed by atoms with Gasteiger partial charge in [0.25, 0.3) is 0 Å². The second-order valence-electron chi connectivity index (χ2n) is 5.07. The van der Waals surface area contributed by atoms with Crippen LogP contribution in [-0.4, -0.2) is 23.3 Å². The molecule has 0 unspecified atom stereocenters. The van der Waals surface area contributed by atoms with Gasteiger partial charge in [-0.3, -0.25) is 14.6 Å². The predicted molar refractivity (Wildman–Crippen MR) is 84.0 cm³/mol. The maximum absolute atomic E-state index is 11.8. The van der Waals surface area contributed by atoms with Crippen molar-refractivity contribution < 1.29 is 9.59 Å². The van der Waals surface area contributed by atoms with E-state index in [1.54, 1.807) is 12.4 Å². The van der Waals surface area contributed by atoms with E-state index in [1.165, 1.54) is 0 Å². The van der Waals surface area contributed by atoms with Crippen molar-refractivity contribution in [2.75, 3.05) is 6.54 Å². The molecule has 0 atom stereocenters. The summed E-state index contributed by atoms with van der Waals surface area (Å²) in [6.07, 6.45) is 3.62. The Morgan fingerprint density at radius 1 is 1.00 bits per heavy atom. The quantitative estimate of drug-likeness (QED) is 0.846. The number of benzene rings is 1. The van der Waals surface area contributed by atoms with E-state index < -0.39 is 0 Å². The molecular weight excluding hydrogens is 278 g/mol. The Balaban J connectivity index is 1.70. The molecule has 2 aromatic rings. The topological polar surface area (TPSA) is 71.1 Å². The number of nitrogens with one attached hydrogen (secondary N) is 2. The summed E-state index contributed by atoms with van der Waals surface area (Å²) in [7, 11) is 0. The molecule has 1 aromatic heterocycles. The number of pyridine rings is 1. The molecule has 114 valence electrons. The van der Waals surface area contributed by atoms with E-state index >= 15 is 0 Å². The van der Waals surface area contributed by atoms with Crippen LogP contribution in [0.4, 0.5) is 0 Å². The van der Waals surface area contributed by atoms with Gasteiger partial charge in [-0.15, -0.1) is 0 Å². The number of hydrogen-bond donors (Lipinski definition) is 2. The van der Waals surface area contributed by atoms with Crippen LogP contribution >= 0.6 is 0 Å². The van der Waals surface area contributed by atoms with Gasteiger partial charge < -0.3 is 10.6 Å². The number of amides is 2. The number of nitrogens with zero attached hydrogens (tertiary/aromatic N) is 1. The smallest absolute Gasteiger partial charge is 0.239 e.